The van der Waals surface area contributed by atoms with Crippen LogP contribution < -0.4 is 5.32 Å². The normalized spacial score (nSPS) is 10.4. The lowest BCUT2D eigenvalue weighted by molar-refractivity contribution is 0.102. The Hall–Kier alpha value is -1.61. The molecule has 0 aliphatic heterocycles. The molecule has 0 spiro atoms. The Morgan fingerprint density at radius 1 is 1.15 bits per heavy atom. The summed E-state index contributed by atoms with van der Waals surface area (Å²) in [5, 5.41) is 3.04. The Balaban J connectivity index is 2.30. The third kappa shape index (κ3) is 3.10. The van der Waals surface area contributed by atoms with Crippen LogP contribution in [-0.4, -0.2) is 5.91 Å². The van der Waals surface area contributed by atoms with Crippen molar-refractivity contribution in [1.29, 1.82) is 0 Å². The topological polar surface area (TPSA) is 29.1 Å². The SMILES string of the molecule is CCc1cccc(C)c1NC(=O)c1ccc(Br)c(C)c1. The first kappa shape index (κ1) is 14.8. The monoisotopic (exact) mass is 331 g/mol. The summed E-state index contributed by atoms with van der Waals surface area (Å²) >= 11 is 3.45. The van der Waals surface area contributed by atoms with Gasteiger partial charge in [-0.1, -0.05) is 41.1 Å². The van der Waals surface area contributed by atoms with Gasteiger partial charge in [0.15, 0.2) is 0 Å². The molecule has 0 fully saturated rings. The smallest absolute Gasteiger partial charge is 0.255 e. The highest BCUT2D eigenvalue weighted by Gasteiger charge is 2.11. The Kier molecular flexibility index (Phi) is 4.61. The van der Waals surface area contributed by atoms with Crippen molar-refractivity contribution in [3.8, 4) is 0 Å². The van der Waals surface area contributed by atoms with Gasteiger partial charge in [-0.25, -0.2) is 0 Å². The van der Waals surface area contributed by atoms with E-state index in [2.05, 4.69) is 34.2 Å². The molecule has 0 aliphatic carbocycles. The highest BCUT2D eigenvalue weighted by molar-refractivity contribution is 9.10. The average molecular weight is 332 g/mol. The number of halogens is 1. The van der Waals surface area contributed by atoms with Crippen molar-refractivity contribution in [3.63, 3.8) is 0 Å². The molecule has 0 saturated heterocycles. The molecule has 2 rings (SSSR count). The van der Waals surface area contributed by atoms with E-state index < -0.39 is 0 Å². The van der Waals surface area contributed by atoms with Crippen LogP contribution in [0.25, 0.3) is 0 Å². The maximum atomic E-state index is 12.4. The van der Waals surface area contributed by atoms with E-state index in [4.69, 9.17) is 0 Å². The van der Waals surface area contributed by atoms with E-state index in [9.17, 15) is 4.79 Å². The predicted octanol–water partition coefficient (Wildman–Crippen LogP) is 4.88. The molecule has 0 unspecified atom stereocenters. The first-order chi connectivity index (χ1) is 9.52. The average Bonchev–Trinajstić information content (AvgIpc) is 2.44. The second-order valence-corrected chi connectivity index (χ2v) is 5.74. The summed E-state index contributed by atoms with van der Waals surface area (Å²) in [6.45, 7) is 6.09. The summed E-state index contributed by atoms with van der Waals surface area (Å²) in [6.07, 6.45) is 0.899. The number of carbonyl (C=O) groups is 1. The minimum absolute atomic E-state index is 0.0652. The molecule has 0 aliphatic rings. The van der Waals surface area contributed by atoms with Crippen LogP contribution in [0.4, 0.5) is 5.69 Å². The second kappa shape index (κ2) is 6.23. The lowest BCUT2D eigenvalue weighted by Crippen LogP contribution is -2.14. The summed E-state index contributed by atoms with van der Waals surface area (Å²) < 4.78 is 1.01. The van der Waals surface area contributed by atoms with E-state index in [1.165, 1.54) is 0 Å². The Morgan fingerprint density at radius 3 is 2.55 bits per heavy atom. The number of rotatable bonds is 3. The summed E-state index contributed by atoms with van der Waals surface area (Å²) in [5.41, 5.74) is 4.91. The van der Waals surface area contributed by atoms with E-state index in [1.54, 1.807) is 0 Å². The van der Waals surface area contributed by atoms with Gasteiger partial charge in [0.1, 0.15) is 0 Å². The molecule has 0 saturated carbocycles. The lowest BCUT2D eigenvalue weighted by Gasteiger charge is -2.13. The number of hydrogen-bond acceptors (Lipinski definition) is 1. The third-order valence-corrected chi connectivity index (χ3v) is 4.29. The summed E-state index contributed by atoms with van der Waals surface area (Å²) in [4.78, 5) is 12.4. The van der Waals surface area contributed by atoms with Crippen LogP contribution >= 0.6 is 15.9 Å². The molecule has 20 heavy (non-hydrogen) atoms. The zero-order chi connectivity index (χ0) is 14.7. The summed E-state index contributed by atoms with van der Waals surface area (Å²) in [6, 6.07) is 11.7. The van der Waals surface area contributed by atoms with Gasteiger partial charge in [-0.05, 0) is 55.2 Å². The molecule has 0 radical (unpaired) electrons. The highest BCUT2D eigenvalue weighted by Crippen LogP contribution is 2.23. The predicted molar refractivity (Wildman–Crippen MR) is 87.4 cm³/mol. The molecule has 0 aromatic heterocycles. The van der Waals surface area contributed by atoms with Gasteiger partial charge < -0.3 is 5.32 Å². The molecular formula is C17H18BrNO. The minimum Gasteiger partial charge on any atom is -0.321 e. The number of benzene rings is 2. The van der Waals surface area contributed by atoms with Gasteiger partial charge in [-0.15, -0.1) is 0 Å². The molecule has 1 amide bonds. The van der Waals surface area contributed by atoms with Gasteiger partial charge in [-0.3, -0.25) is 4.79 Å². The first-order valence-corrected chi connectivity index (χ1v) is 7.48. The quantitative estimate of drug-likeness (QED) is 0.853. The Labute approximate surface area is 128 Å². The van der Waals surface area contributed by atoms with Crippen LogP contribution in [-0.2, 0) is 6.42 Å². The lowest BCUT2D eigenvalue weighted by atomic mass is 10.0. The maximum Gasteiger partial charge on any atom is 0.255 e. The fourth-order valence-corrected chi connectivity index (χ4v) is 2.42. The number of aryl methyl sites for hydroxylation is 3. The van der Waals surface area contributed by atoms with Crippen molar-refractivity contribution in [2.75, 3.05) is 5.32 Å². The molecule has 2 aromatic carbocycles. The van der Waals surface area contributed by atoms with E-state index in [0.29, 0.717) is 5.56 Å². The molecule has 1 N–H and O–H groups in total. The molecule has 104 valence electrons. The van der Waals surface area contributed by atoms with Crippen molar-refractivity contribution in [1.82, 2.24) is 0 Å². The molecule has 0 atom stereocenters. The van der Waals surface area contributed by atoms with Crippen molar-refractivity contribution < 1.29 is 4.79 Å². The number of hydrogen-bond donors (Lipinski definition) is 1. The zero-order valence-electron chi connectivity index (χ0n) is 12.0. The first-order valence-electron chi connectivity index (χ1n) is 6.69. The maximum absolute atomic E-state index is 12.4. The van der Waals surface area contributed by atoms with Crippen molar-refractivity contribution in [3.05, 3.63) is 63.1 Å². The summed E-state index contributed by atoms with van der Waals surface area (Å²) in [5.74, 6) is -0.0652. The molecule has 2 nitrogen and oxygen atoms in total. The largest absolute Gasteiger partial charge is 0.321 e. The van der Waals surface area contributed by atoms with Gasteiger partial charge >= 0.3 is 0 Å². The van der Waals surface area contributed by atoms with Crippen LogP contribution in [0, 0.1) is 13.8 Å². The van der Waals surface area contributed by atoms with E-state index >= 15 is 0 Å². The van der Waals surface area contributed by atoms with Gasteiger partial charge in [0.25, 0.3) is 5.91 Å². The van der Waals surface area contributed by atoms with Crippen LogP contribution in [0.1, 0.15) is 34.0 Å². The number of para-hydroxylation sites is 1. The number of anilines is 1. The van der Waals surface area contributed by atoms with Crippen LogP contribution in [0.3, 0.4) is 0 Å². The van der Waals surface area contributed by atoms with Crippen LogP contribution in [0.15, 0.2) is 40.9 Å². The summed E-state index contributed by atoms with van der Waals surface area (Å²) in [7, 11) is 0. The van der Waals surface area contributed by atoms with Gasteiger partial charge in [-0.2, -0.15) is 0 Å². The standard InChI is InChI=1S/C17H18BrNO/c1-4-13-7-5-6-11(2)16(13)19-17(20)14-8-9-15(18)12(3)10-14/h5-10H,4H2,1-3H3,(H,19,20). The molecule has 0 heterocycles. The second-order valence-electron chi connectivity index (χ2n) is 4.88. The molecule has 0 bridgehead atoms. The Bertz CT molecular complexity index is 649. The minimum atomic E-state index is -0.0652. The van der Waals surface area contributed by atoms with Gasteiger partial charge in [0, 0.05) is 15.7 Å². The van der Waals surface area contributed by atoms with Crippen LogP contribution in [0.2, 0.25) is 0 Å². The van der Waals surface area contributed by atoms with Crippen molar-refractivity contribution >= 4 is 27.5 Å². The molecule has 3 heteroatoms. The third-order valence-electron chi connectivity index (χ3n) is 3.40. The van der Waals surface area contributed by atoms with Gasteiger partial charge in [0.05, 0.1) is 0 Å². The fourth-order valence-electron chi connectivity index (χ4n) is 2.17. The number of carbonyl (C=O) groups excluding carboxylic acids is 1. The van der Waals surface area contributed by atoms with Crippen molar-refractivity contribution in [2.45, 2.75) is 27.2 Å². The van der Waals surface area contributed by atoms with E-state index in [-0.39, 0.29) is 5.91 Å². The molecule has 2 aromatic rings. The Morgan fingerprint density at radius 2 is 1.90 bits per heavy atom. The number of nitrogens with one attached hydrogen (secondary N) is 1. The fraction of sp³-hybridized carbons (Fsp3) is 0.235. The highest BCUT2D eigenvalue weighted by atomic mass is 79.9. The van der Waals surface area contributed by atoms with E-state index in [0.717, 1.165) is 33.3 Å². The zero-order valence-corrected chi connectivity index (χ0v) is 13.5. The van der Waals surface area contributed by atoms with Crippen molar-refractivity contribution in [2.24, 2.45) is 0 Å². The van der Waals surface area contributed by atoms with Crippen LogP contribution in [0.5, 0.6) is 0 Å². The molecular weight excluding hydrogens is 314 g/mol. The van der Waals surface area contributed by atoms with E-state index in [1.807, 2.05) is 44.2 Å². The number of amides is 1. The van der Waals surface area contributed by atoms with Gasteiger partial charge in [0.2, 0.25) is 0 Å².